The van der Waals surface area contributed by atoms with Crippen molar-refractivity contribution in [1.82, 2.24) is 19.8 Å². The third-order valence-corrected chi connectivity index (χ3v) is 7.08. The summed E-state index contributed by atoms with van der Waals surface area (Å²) in [6.07, 6.45) is 5.32. The third-order valence-electron chi connectivity index (χ3n) is 6.85. The number of H-pyrrole nitrogens is 1. The van der Waals surface area contributed by atoms with Crippen molar-refractivity contribution in [2.45, 2.75) is 25.0 Å². The summed E-state index contributed by atoms with van der Waals surface area (Å²) in [5.41, 5.74) is 6.82. The molecule has 0 spiro atoms. The maximum Gasteiger partial charge on any atom is 0.137 e. The minimum atomic E-state index is 0.730. The van der Waals surface area contributed by atoms with Crippen LogP contribution in [-0.4, -0.2) is 52.0 Å². The average molecular weight is 429 g/mol. The van der Waals surface area contributed by atoms with Gasteiger partial charge in [-0.15, -0.1) is 0 Å². The number of halogens is 1. The predicted molar refractivity (Wildman–Crippen MR) is 127 cm³/mol. The van der Waals surface area contributed by atoms with Gasteiger partial charge in [0, 0.05) is 65.6 Å². The Bertz CT molecular complexity index is 1230. The molecule has 3 aliphatic heterocycles. The van der Waals surface area contributed by atoms with E-state index in [0.29, 0.717) is 0 Å². The number of benzene rings is 2. The van der Waals surface area contributed by atoms with Crippen LogP contribution in [0.5, 0.6) is 0 Å². The zero-order chi connectivity index (χ0) is 20.9. The van der Waals surface area contributed by atoms with Crippen LogP contribution in [0.1, 0.15) is 12.0 Å². The van der Waals surface area contributed by atoms with Gasteiger partial charge in [0.2, 0.25) is 0 Å². The van der Waals surface area contributed by atoms with E-state index in [0.717, 1.165) is 51.4 Å². The van der Waals surface area contributed by atoms with Crippen LogP contribution in [0.2, 0.25) is 5.02 Å². The molecule has 31 heavy (non-hydrogen) atoms. The van der Waals surface area contributed by atoms with Crippen LogP contribution < -0.4 is 0 Å². The van der Waals surface area contributed by atoms with Crippen molar-refractivity contribution in [3.8, 4) is 22.3 Å². The van der Waals surface area contributed by atoms with Crippen molar-refractivity contribution in [1.29, 1.82) is 0 Å². The van der Waals surface area contributed by atoms with Crippen molar-refractivity contribution in [2.24, 2.45) is 0 Å². The Balaban J connectivity index is 1.26. The second kappa shape index (κ2) is 7.49. The van der Waals surface area contributed by atoms with Gasteiger partial charge >= 0.3 is 0 Å². The molecule has 3 saturated heterocycles. The molecule has 156 valence electrons. The molecule has 1 N–H and O–H groups in total. The minimum absolute atomic E-state index is 0.730. The van der Waals surface area contributed by atoms with Crippen molar-refractivity contribution >= 4 is 22.6 Å². The number of fused-ring (bicyclic) bond motifs is 3. The van der Waals surface area contributed by atoms with Crippen molar-refractivity contribution < 1.29 is 0 Å². The quantitative estimate of drug-likeness (QED) is 0.470. The van der Waals surface area contributed by atoms with E-state index < -0.39 is 0 Å². The standard InChI is InChI=1S/C26H25ClN4/c1-30-15-22-11-23(16-30)31(22)14-17-5-7-18(8-6-17)20-10-24-25(13-29-26(24)28-12-20)19-3-2-4-21(27)9-19/h2-10,12-13,22-23H,11,14-16H2,1H3,(H,28,29). The van der Waals surface area contributed by atoms with E-state index in [1.807, 2.05) is 30.6 Å². The minimum Gasteiger partial charge on any atom is -0.346 e. The second-order valence-corrected chi connectivity index (χ2v) is 9.40. The molecule has 0 amide bonds. The van der Waals surface area contributed by atoms with Crippen molar-refractivity contribution in [3.63, 3.8) is 0 Å². The number of likely N-dealkylation sites (N-methyl/N-ethyl adjacent to an activating group) is 1. The van der Waals surface area contributed by atoms with Gasteiger partial charge in [0.15, 0.2) is 0 Å². The first kappa shape index (κ1) is 19.1. The molecule has 4 nitrogen and oxygen atoms in total. The maximum atomic E-state index is 6.21. The Hall–Kier alpha value is -2.66. The molecule has 0 aliphatic carbocycles. The molecule has 5 heterocycles. The number of aromatic nitrogens is 2. The highest BCUT2D eigenvalue weighted by atomic mass is 35.5. The molecule has 2 bridgehead atoms. The zero-order valence-electron chi connectivity index (χ0n) is 17.6. The van der Waals surface area contributed by atoms with Gasteiger partial charge < -0.3 is 9.88 Å². The highest BCUT2D eigenvalue weighted by molar-refractivity contribution is 6.30. The lowest BCUT2D eigenvalue weighted by Crippen LogP contribution is -2.67. The van der Waals surface area contributed by atoms with E-state index in [1.165, 1.54) is 30.6 Å². The van der Waals surface area contributed by atoms with Gasteiger partial charge in [0.1, 0.15) is 5.65 Å². The fourth-order valence-electron chi connectivity index (χ4n) is 5.23. The highest BCUT2D eigenvalue weighted by Crippen LogP contribution is 2.34. The van der Waals surface area contributed by atoms with Crippen molar-refractivity contribution in [2.75, 3.05) is 20.1 Å². The van der Waals surface area contributed by atoms with Gasteiger partial charge in [0.05, 0.1) is 0 Å². The maximum absolute atomic E-state index is 6.21. The summed E-state index contributed by atoms with van der Waals surface area (Å²) in [7, 11) is 2.23. The Morgan fingerprint density at radius 3 is 2.58 bits per heavy atom. The number of nitrogens with one attached hydrogen (secondary N) is 1. The summed E-state index contributed by atoms with van der Waals surface area (Å²) in [5.74, 6) is 0. The Kier molecular flexibility index (Phi) is 4.60. The molecule has 2 atom stereocenters. The van der Waals surface area contributed by atoms with Crippen LogP contribution >= 0.6 is 11.6 Å². The molecule has 7 rings (SSSR count). The van der Waals surface area contributed by atoms with Crippen molar-refractivity contribution in [3.05, 3.63) is 77.6 Å². The predicted octanol–water partition coefficient (Wildman–Crippen LogP) is 5.44. The lowest BCUT2D eigenvalue weighted by Gasteiger charge is -2.56. The van der Waals surface area contributed by atoms with E-state index in [9.17, 15) is 0 Å². The molecule has 2 aromatic heterocycles. The van der Waals surface area contributed by atoms with Gasteiger partial charge in [-0.25, -0.2) is 4.98 Å². The van der Waals surface area contributed by atoms with E-state index in [4.69, 9.17) is 11.6 Å². The number of piperazine rings is 1. The Morgan fingerprint density at radius 1 is 1.00 bits per heavy atom. The molecular formula is C26H25ClN4. The summed E-state index contributed by atoms with van der Waals surface area (Å²) in [6, 6.07) is 20.6. The lowest BCUT2D eigenvalue weighted by molar-refractivity contribution is -0.0668. The van der Waals surface area contributed by atoms with Gasteiger partial charge in [-0.1, -0.05) is 48.0 Å². The zero-order valence-corrected chi connectivity index (χ0v) is 18.3. The molecular weight excluding hydrogens is 404 g/mol. The number of hydrogen-bond donors (Lipinski definition) is 1. The first-order valence-corrected chi connectivity index (χ1v) is 11.3. The van der Waals surface area contributed by atoms with Gasteiger partial charge in [-0.2, -0.15) is 0 Å². The number of piperidine rings is 1. The molecule has 2 unspecified atom stereocenters. The van der Waals surface area contributed by atoms with E-state index in [1.54, 1.807) is 0 Å². The normalized spacial score (nSPS) is 21.4. The lowest BCUT2D eigenvalue weighted by atomic mass is 9.87. The summed E-state index contributed by atoms with van der Waals surface area (Å²) in [6.45, 7) is 3.45. The monoisotopic (exact) mass is 428 g/mol. The molecule has 2 aromatic carbocycles. The Morgan fingerprint density at radius 2 is 1.81 bits per heavy atom. The van der Waals surface area contributed by atoms with Crippen LogP contribution in [0.3, 0.4) is 0 Å². The summed E-state index contributed by atoms with van der Waals surface area (Å²) in [5, 5.41) is 1.85. The molecule has 5 heteroatoms. The van der Waals surface area contributed by atoms with E-state index >= 15 is 0 Å². The Labute approximate surface area is 187 Å². The molecule has 0 saturated carbocycles. The van der Waals surface area contributed by atoms with Crippen LogP contribution in [0, 0.1) is 0 Å². The number of nitrogens with zero attached hydrogens (tertiary/aromatic N) is 3. The molecule has 0 radical (unpaired) electrons. The highest BCUT2D eigenvalue weighted by Gasteiger charge is 2.42. The second-order valence-electron chi connectivity index (χ2n) is 8.97. The number of pyridine rings is 1. The summed E-state index contributed by atoms with van der Waals surface area (Å²) < 4.78 is 0. The van der Waals surface area contributed by atoms with Gasteiger partial charge in [0.25, 0.3) is 0 Å². The van der Waals surface area contributed by atoms with Crippen LogP contribution in [0.15, 0.2) is 67.0 Å². The van der Waals surface area contributed by atoms with Crippen LogP contribution in [-0.2, 0) is 6.54 Å². The average Bonchev–Trinajstić information content (AvgIpc) is 3.21. The first-order valence-electron chi connectivity index (χ1n) is 10.9. The smallest absolute Gasteiger partial charge is 0.137 e. The SMILES string of the molecule is CN1CC2CC(C1)N2Cc1ccc(-c2cnc3[nH]cc(-c4cccc(Cl)c4)c3c2)cc1. The number of rotatable bonds is 4. The number of hydrogen-bond acceptors (Lipinski definition) is 3. The van der Waals surface area contributed by atoms with Gasteiger partial charge in [-0.3, -0.25) is 4.90 Å². The topological polar surface area (TPSA) is 35.2 Å². The first-order chi connectivity index (χ1) is 15.1. The molecule has 3 aliphatic rings. The van der Waals surface area contributed by atoms with Crippen LogP contribution in [0.25, 0.3) is 33.3 Å². The number of aromatic amines is 1. The van der Waals surface area contributed by atoms with E-state index in [2.05, 4.69) is 63.2 Å². The van der Waals surface area contributed by atoms with Gasteiger partial charge in [-0.05, 0) is 48.4 Å². The van der Waals surface area contributed by atoms with Crippen LogP contribution in [0.4, 0.5) is 0 Å². The largest absolute Gasteiger partial charge is 0.346 e. The summed E-state index contributed by atoms with van der Waals surface area (Å²) >= 11 is 6.21. The summed E-state index contributed by atoms with van der Waals surface area (Å²) in [4.78, 5) is 13.1. The molecule has 3 fully saturated rings. The fourth-order valence-corrected chi connectivity index (χ4v) is 5.42. The third kappa shape index (κ3) is 3.45. The molecule has 4 aromatic rings. The fraction of sp³-hybridized carbons (Fsp3) is 0.269. The van der Waals surface area contributed by atoms with E-state index in [-0.39, 0.29) is 0 Å².